The monoisotopic (exact) mass is 269 g/mol. The number of aromatic amines is 1. The maximum absolute atomic E-state index is 6.07. The smallest absolute Gasteiger partial charge is 0.214 e. The molecule has 5 nitrogen and oxygen atoms in total. The van der Waals surface area contributed by atoms with Crippen molar-refractivity contribution < 1.29 is 0 Å². The van der Waals surface area contributed by atoms with Gasteiger partial charge in [-0.05, 0) is 25.1 Å². The molecule has 0 saturated heterocycles. The maximum Gasteiger partial charge on any atom is 0.214 e. The molecule has 0 radical (unpaired) electrons. The summed E-state index contributed by atoms with van der Waals surface area (Å²) in [7, 11) is 0. The summed E-state index contributed by atoms with van der Waals surface area (Å²) in [5.74, 6) is 0.782. The first-order valence-corrected chi connectivity index (χ1v) is 6.46. The van der Waals surface area contributed by atoms with E-state index < -0.39 is 0 Å². The van der Waals surface area contributed by atoms with Crippen molar-refractivity contribution in [3.63, 3.8) is 0 Å². The van der Waals surface area contributed by atoms with Crippen LogP contribution in [0.15, 0.2) is 16.5 Å². The zero-order chi connectivity index (χ0) is 12.3. The van der Waals surface area contributed by atoms with Crippen molar-refractivity contribution in [3.05, 3.63) is 22.9 Å². The second-order valence-corrected chi connectivity index (χ2v) is 4.82. The Balaban J connectivity index is 2.28. The Morgan fingerprint density at radius 2 is 2.24 bits per heavy atom. The molecule has 0 bridgehead atoms. The summed E-state index contributed by atoms with van der Waals surface area (Å²) in [6.07, 6.45) is 3.31. The van der Waals surface area contributed by atoms with Crippen LogP contribution >= 0.6 is 23.4 Å². The molecule has 90 valence electrons. The van der Waals surface area contributed by atoms with Crippen LogP contribution in [-0.4, -0.2) is 25.1 Å². The Kier molecular flexibility index (Phi) is 3.96. The fourth-order valence-electron chi connectivity index (χ4n) is 1.38. The van der Waals surface area contributed by atoms with Gasteiger partial charge in [0.15, 0.2) is 0 Å². The van der Waals surface area contributed by atoms with Gasteiger partial charge in [0, 0.05) is 5.56 Å². The lowest BCUT2D eigenvalue weighted by Gasteiger charge is -2.05. The Bertz CT molecular complexity index is 513. The zero-order valence-electron chi connectivity index (χ0n) is 9.57. The second-order valence-electron chi connectivity index (χ2n) is 3.50. The van der Waals surface area contributed by atoms with Crippen LogP contribution in [0.2, 0.25) is 5.15 Å². The molecule has 0 unspecified atom stereocenters. The summed E-state index contributed by atoms with van der Waals surface area (Å²) in [6, 6.07) is 0. The number of aromatic nitrogens is 5. The molecular weight excluding hydrogens is 258 g/mol. The van der Waals surface area contributed by atoms with Crippen LogP contribution in [0.5, 0.6) is 0 Å². The van der Waals surface area contributed by atoms with Crippen LogP contribution in [0.1, 0.15) is 24.7 Å². The highest BCUT2D eigenvalue weighted by atomic mass is 35.5. The number of hydrogen-bond donors (Lipinski definition) is 1. The van der Waals surface area contributed by atoms with Crippen molar-refractivity contribution in [2.45, 2.75) is 36.9 Å². The van der Waals surface area contributed by atoms with E-state index in [0.29, 0.717) is 10.3 Å². The molecule has 0 aliphatic rings. The number of nitrogens with zero attached hydrogens (tertiary/aromatic N) is 4. The third-order valence-corrected chi connectivity index (χ3v) is 3.35. The first-order chi connectivity index (χ1) is 8.20. The fourth-order valence-corrected chi connectivity index (χ4v) is 2.53. The van der Waals surface area contributed by atoms with Gasteiger partial charge < -0.3 is 0 Å². The largest absolute Gasteiger partial charge is 0.262 e. The van der Waals surface area contributed by atoms with Gasteiger partial charge >= 0.3 is 0 Å². The number of H-pyrrole nitrogens is 1. The predicted molar refractivity (Wildman–Crippen MR) is 66.3 cm³/mol. The minimum absolute atomic E-state index is 0.511. The predicted octanol–water partition coefficient (Wildman–Crippen LogP) is 2.66. The van der Waals surface area contributed by atoms with Crippen LogP contribution in [0.25, 0.3) is 0 Å². The maximum atomic E-state index is 6.07. The Morgan fingerprint density at radius 1 is 1.41 bits per heavy atom. The highest BCUT2D eigenvalue weighted by Crippen LogP contribution is 2.29. The van der Waals surface area contributed by atoms with E-state index in [2.05, 4.69) is 32.1 Å². The quantitative estimate of drug-likeness (QED) is 0.865. The number of hydrogen-bond acceptors (Lipinski definition) is 5. The van der Waals surface area contributed by atoms with Gasteiger partial charge in [-0.3, -0.25) is 5.10 Å². The third kappa shape index (κ3) is 2.95. The normalized spacial score (nSPS) is 10.8. The number of rotatable bonds is 4. The molecule has 0 aliphatic heterocycles. The van der Waals surface area contributed by atoms with E-state index >= 15 is 0 Å². The Hall–Kier alpha value is -1.14. The van der Waals surface area contributed by atoms with E-state index in [-0.39, 0.29) is 0 Å². The fraction of sp³-hybridized carbons (Fsp3) is 0.400. The van der Waals surface area contributed by atoms with Gasteiger partial charge in [-0.1, -0.05) is 24.9 Å². The molecule has 0 amide bonds. The van der Waals surface area contributed by atoms with Crippen molar-refractivity contribution in [1.29, 1.82) is 0 Å². The van der Waals surface area contributed by atoms with Crippen LogP contribution in [0, 0.1) is 6.92 Å². The topological polar surface area (TPSA) is 67.3 Å². The first kappa shape index (κ1) is 12.3. The van der Waals surface area contributed by atoms with E-state index in [9.17, 15) is 0 Å². The van der Waals surface area contributed by atoms with E-state index in [0.717, 1.165) is 29.3 Å². The molecule has 0 aliphatic carbocycles. The van der Waals surface area contributed by atoms with E-state index in [1.54, 1.807) is 0 Å². The third-order valence-electron chi connectivity index (χ3n) is 2.12. The van der Waals surface area contributed by atoms with Crippen LogP contribution in [0.3, 0.4) is 0 Å². The van der Waals surface area contributed by atoms with Crippen LogP contribution in [0.4, 0.5) is 0 Å². The summed E-state index contributed by atoms with van der Waals surface area (Å²) in [5.41, 5.74) is 0.962. The van der Waals surface area contributed by atoms with Crippen molar-refractivity contribution in [2.24, 2.45) is 0 Å². The molecular formula is C10H12ClN5S. The molecule has 1 N–H and O–H groups in total. The van der Waals surface area contributed by atoms with Crippen LogP contribution in [-0.2, 0) is 6.42 Å². The molecule has 2 aromatic rings. The van der Waals surface area contributed by atoms with Gasteiger partial charge in [0.05, 0.1) is 0 Å². The average Bonchev–Trinajstić information content (AvgIpc) is 2.69. The van der Waals surface area contributed by atoms with Crippen molar-refractivity contribution in [2.75, 3.05) is 0 Å². The van der Waals surface area contributed by atoms with E-state index in [1.165, 1.54) is 18.1 Å². The SMILES string of the molecule is CCCc1c(Cl)ncnc1Sc1n[nH]c(C)n1. The summed E-state index contributed by atoms with van der Waals surface area (Å²) in [5, 5.41) is 8.85. The van der Waals surface area contributed by atoms with Gasteiger partial charge in [0.2, 0.25) is 5.16 Å². The lowest BCUT2D eigenvalue weighted by atomic mass is 10.2. The highest BCUT2D eigenvalue weighted by Gasteiger charge is 2.12. The van der Waals surface area contributed by atoms with Crippen molar-refractivity contribution in [3.8, 4) is 0 Å². The molecule has 0 saturated carbocycles. The molecule has 0 aromatic carbocycles. The zero-order valence-corrected chi connectivity index (χ0v) is 11.1. The standard InChI is InChI=1S/C10H12ClN5S/c1-3-4-7-8(11)12-5-13-9(7)17-10-14-6(2)15-16-10/h5H,3-4H2,1-2H3,(H,14,15,16). The molecule has 0 fully saturated rings. The van der Waals surface area contributed by atoms with Gasteiger partial charge in [-0.25, -0.2) is 15.0 Å². The molecule has 0 spiro atoms. The number of nitrogens with one attached hydrogen (secondary N) is 1. The Labute approximate surface area is 108 Å². The number of halogens is 1. The second kappa shape index (κ2) is 5.46. The summed E-state index contributed by atoms with van der Waals surface area (Å²) < 4.78 is 0. The van der Waals surface area contributed by atoms with E-state index in [4.69, 9.17) is 11.6 Å². The van der Waals surface area contributed by atoms with Gasteiger partial charge in [0.25, 0.3) is 0 Å². The van der Waals surface area contributed by atoms with E-state index in [1.807, 2.05) is 6.92 Å². The number of aryl methyl sites for hydroxylation is 1. The Morgan fingerprint density at radius 3 is 2.88 bits per heavy atom. The molecule has 7 heteroatoms. The summed E-state index contributed by atoms with van der Waals surface area (Å²) in [6.45, 7) is 3.95. The minimum Gasteiger partial charge on any atom is -0.262 e. The highest BCUT2D eigenvalue weighted by molar-refractivity contribution is 7.99. The summed E-state index contributed by atoms with van der Waals surface area (Å²) >= 11 is 7.47. The average molecular weight is 270 g/mol. The van der Waals surface area contributed by atoms with Crippen molar-refractivity contribution >= 4 is 23.4 Å². The summed E-state index contributed by atoms with van der Waals surface area (Å²) in [4.78, 5) is 12.5. The molecule has 0 atom stereocenters. The molecule has 2 aromatic heterocycles. The van der Waals surface area contributed by atoms with Crippen LogP contribution < -0.4 is 0 Å². The minimum atomic E-state index is 0.511. The molecule has 2 rings (SSSR count). The first-order valence-electron chi connectivity index (χ1n) is 5.27. The van der Waals surface area contributed by atoms with Gasteiger partial charge in [-0.15, -0.1) is 5.10 Å². The molecule has 2 heterocycles. The van der Waals surface area contributed by atoms with Gasteiger partial charge in [0.1, 0.15) is 22.3 Å². The van der Waals surface area contributed by atoms with Crippen molar-refractivity contribution in [1.82, 2.24) is 25.1 Å². The van der Waals surface area contributed by atoms with Gasteiger partial charge in [-0.2, -0.15) is 0 Å². The molecule has 17 heavy (non-hydrogen) atoms. The lowest BCUT2D eigenvalue weighted by molar-refractivity contribution is 0.852. The lowest BCUT2D eigenvalue weighted by Crippen LogP contribution is -1.95.